The molecule has 9 heteroatoms. The minimum Gasteiger partial charge on any atom is -0.354 e. The van der Waals surface area contributed by atoms with E-state index in [2.05, 4.69) is 10.3 Å². The summed E-state index contributed by atoms with van der Waals surface area (Å²) in [4.78, 5) is 56.6. The number of fused-ring (bicyclic) bond motifs is 5. The molecule has 0 saturated carbocycles. The number of pyridine rings is 1. The predicted octanol–water partition coefficient (Wildman–Crippen LogP) is 5.73. The third-order valence-electron chi connectivity index (χ3n) is 6.58. The summed E-state index contributed by atoms with van der Waals surface area (Å²) in [6.07, 6.45) is -4.66. The number of carbonyl (C=O) groups is 3. The van der Waals surface area contributed by atoms with Crippen LogP contribution in [0, 0.1) is 0 Å². The van der Waals surface area contributed by atoms with Crippen LogP contribution >= 0.6 is 0 Å². The topological polar surface area (TPSA) is 96.1 Å². The number of carbonyl (C=O) groups excluding carboxylic acids is 3. The lowest BCUT2D eigenvalue weighted by atomic mass is 9.81. The van der Waals surface area contributed by atoms with Crippen molar-refractivity contribution in [3.05, 3.63) is 122 Å². The number of aromatic nitrogens is 1. The van der Waals surface area contributed by atoms with Crippen LogP contribution in [0.5, 0.6) is 0 Å². The Balaban J connectivity index is 1.68. The van der Waals surface area contributed by atoms with Gasteiger partial charge in [0.05, 0.1) is 33.4 Å². The van der Waals surface area contributed by atoms with Gasteiger partial charge in [-0.15, -0.1) is 0 Å². The summed E-state index contributed by atoms with van der Waals surface area (Å²) >= 11 is 0. The number of ketones is 2. The zero-order chi connectivity index (χ0) is 26.8. The smallest absolute Gasteiger partial charge is 0.354 e. The van der Waals surface area contributed by atoms with E-state index < -0.39 is 34.6 Å². The molecule has 186 valence electrons. The van der Waals surface area contributed by atoms with Crippen LogP contribution in [-0.2, 0) is 6.18 Å². The Bertz CT molecular complexity index is 1910. The fourth-order valence-corrected chi connectivity index (χ4v) is 4.79. The van der Waals surface area contributed by atoms with Gasteiger partial charge in [0, 0.05) is 27.5 Å². The average molecular weight is 512 g/mol. The van der Waals surface area contributed by atoms with Crippen molar-refractivity contribution >= 4 is 45.0 Å². The van der Waals surface area contributed by atoms with Gasteiger partial charge in [-0.05, 0) is 36.4 Å². The van der Waals surface area contributed by atoms with Crippen molar-refractivity contribution in [1.29, 1.82) is 0 Å². The maximum atomic E-state index is 13.7. The van der Waals surface area contributed by atoms with Crippen molar-refractivity contribution in [3.8, 4) is 0 Å². The molecule has 0 aliphatic heterocycles. The van der Waals surface area contributed by atoms with E-state index in [-0.39, 0.29) is 55.3 Å². The summed E-state index contributed by atoms with van der Waals surface area (Å²) in [6, 6.07) is 18.2. The summed E-state index contributed by atoms with van der Waals surface area (Å²) in [5.74, 6) is -1.73. The first kappa shape index (κ1) is 23.4. The Morgan fingerprint density at radius 2 is 1.37 bits per heavy atom. The Morgan fingerprint density at radius 3 is 2.03 bits per heavy atom. The van der Waals surface area contributed by atoms with Crippen LogP contribution in [0.2, 0.25) is 0 Å². The van der Waals surface area contributed by atoms with Crippen molar-refractivity contribution in [3.63, 3.8) is 0 Å². The van der Waals surface area contributed by atoms with Gasteiger partial charge in [0.2, 0.25) is 0 Å². The number of nitrogens with one attached hydrogen (secondary N) is 2. The van der Waals surface area contributed by atoms with Crippen LogP contribution in [-0.4, -0.2) is 22.5 Å². The quantitative estimate of drug-likeness (QED) is 0.290. The van der Waals surface area contributed by atoms with Gasteiger partial charge in [-0.1, -0.05) is 42.5 Å². The highest BCUT2D eigenvalue weighted by atomic mass is 19.4. The highest BCUT2D eigenvalue weighted by Crippen LogP contribution is 2.37. The first-order valence-electron chi connectivity index (χ1n) is 11.4. The summed E-state index contributed by atoms with van der Waals surface area (Å²) in [7, 11) is 0. The highest BCUT2D eigenvalue weighted by Gasteiger charge is 2.35. The Kier molecular flexibility index (Phi) is 5.06. The number of anilines is 1. The van der Waals surface area contributed by atoms with Gasteiger partial charge < -0.3 is 10.3 Å². The maximum Gasteiger partial charge on any atom is 0.416 e. The molecule has 5 aromatic rings. The molecule has 1 aliphatic carbocycles. The molecule has 0 saturated heterocycles. The van der Waals surface area contributed by atoms with E-state index in [4.69, 9.17) is 0 Å². The minimum absolute atomic E-state index is 0.0410. The second kappa shape index (κ2) is 8.24. The molecule has 0 bridgehead atoms. The number of hydrogen-bond donors (Lipinski definition) is 2. The summed E-state index contributed by atoms with van der Waals surface area (Å²) in [6.45, 7) is 0. The second-order valence-corrected chi connectivity index (χ2v) is 8.83. The molecule has 0 fully saturated rings. The number of amides is 1. The molecule has 1 aliphatic rings. The zero-order valence-electron chi connectivity index (χ0n) is 19.3. The third-order valence-corrected chi connectivity index (χ3v) is 6.58. The molecule has 0 radical (unpaired) electrons. The molecule has 1 heterocycles. The van der Waals surface area contributed by atoms with Crippen molar-refractivity contribution in [2.24, 2.45) is 0 Å². The molecule has 4 aromatic carbocycles. The van der Waals surface area contributed by atoms with Gasteiger partial charge in [0.1, 0.15) is 0 Å². The fraction of sp³-hybridized carbons (Fsp3) is 0.0345. The lowest BCUT2D eigenvalue weighted by Gasteiger charge is -2.22. The molecule has 6 rings (SSSR count). The maximum absolute atomic E-state index is 13.7. The number of hydrogen-bond acceptors (Lipinski definition) is 4. The number of alkyl halides is 3. The molecular weight excluding hydrogens is 497 g/mol. The van der Waals surface area contributed by atoms with E-state index in [0.717, 1.165) is 18.2 Å². The van der Waals surface area contributed by atoms with Crippen molar-refractivity contribution in [2.75, 3.05) is 5.32 Å². The SMILES string of the molecule is O=C(Nc1cc2c(=O)c3ccc(C(F)(F)F)cc3[nH]c2c2c1C(=O)c1ccccc1C2=O)c1ccccc1. The monoisotopic (exact) mass is 512 g/mol. The Hall–Kier alpha value is -5.05. The van der Waals surface area contributed by atoms with Crippen molar-refractivity contribution in [1.82, 2.24) is 4.98 Å². The Labute approximate surface area is 211 Å². The summed E-state index contributed by atoms with van der Waals surface area (Å²) in [5, 5.41) is 2.55. The van der Waals surface area contributed by atoms with E-state index in [1.54, 1.807) is 42.5 Å². The number of aromatic amines is 1. The van der Waals surface area contributed by atoms with Gasteiger partial charge in [-0.2, -0.15) is 13.2 Å². The van der Waals surface area contributed by atoms with Crippen LogP contribution in [0.1, 0.15) is 47.8 Å². The number of halogens is 3. The molecule has 0 atom stereocenters. The molecule has 6 nitrogen and oxygen atoms in total. The van der Waals surface area contributed by atoms with Gasteiger partial charge in [0.25, 0.3) is 5.91 Å². The molecule has 0 spiro atoms. The second-order valence-electron chi connectivity index (χ2n) is 8.83. The Morgan fingerprint density at radius 1 is 0.737 bits per heavy atom. The van der Waals surface area contributed by atoms with Crippen LogP contribution in [0.25, 0.3) is 21.8 Å². The van der Waals surface area contributed by atoms with Gasteiger partial charge in [-0.25, -0.2) is 0 Å². The average Bonchev–Trinajstić information content (AvgIpc) is 2.91. The lowest BCUT2D eigenvalue weighted by Crippen LogP contribution is -2.25. The first-order chi connectivity index (χ1) is 18.1. The lowest BCUT2D eigenvalue weighted by molar-refractivity contribution is -0.137. The van der Waals surface area contributed by atoms with E-state index in [1.807, 2.05) is 0 Å². The van der Waals surface area contributed by atoms with E-state index in [0.29, 0.717) is 0 Å². The molecule has 1 amide bonds. The normalized spacial score (nSPS) is 12.9. The first-order valence-corrected chi connectivity index (χ1v) is 11.4. The van der Waals surface area contributed by atoms with Gasteiger partial charge in [0.15, 0.2) is 17.0 Å². The molecular formula is C29H15F3N2O4. The van der Waals surface area contributed by atoms with Crippen LogP contribution in [0.3, 0.4) is 0 Å². The minimum atomic E-state index is -4.66. The van der Waals surface area contributed by atoms with Crippen molar-refractivity contribution < 1.29 is 27.6 Å². The number of benzene rings is 4. The summed E-state index contributed by atoms with van der Waals surface area (Å²) < 4.78 is 40.1. The predicted molar refractivity (Wildman–Crippen MR) is 135 cm³/mol. The summed E-state index contributed by atoms with van der Waals surface area (Å²) in [5.41, 5.74) is -1.76. The van der Waals surface area contributed by atoms with Crippen LogP contribution in [0.15, 0.2) is 83.7 Å². The van der Waals surface area contributed by atoms with E-state index >= 15 is 0 Å². The van der Waals surface area contributed by atoms with Crippen LogP contribution < -0.4 is 10.7 Å². The molecule has 0 unspecified atom stereocenters. The molecule has 2 N–H and O–H groups in total. The molecule has 1 aromatic heterocycles. The fourth-order valence-electron chi connectivity index (χ4n) is 4.79. The number of H-pyrrole nitrogens is 1. The molecule has 38 heavy (non-hydrogen) atoms. The zero-order valence-corrected chi connectivity index (χ0v) is 19.3. The van der Waals surface area contributed by atoms with Crippen LogP contribution in [0.4, 0.5) is 18.9 Å². The van der Waals surface area contributed by atoms with E-state index in [9.17, 15) is 32.3 Å². The van der Waals surface area contributed by atoms with E-state index in [1.165, 1.54) is 18.2 Å². The van der Waals surface area contributed by atoms with Crippen molar-refractivity contribution in [2.45, 2.75) is 6.18 Å². The van der Waals surface area contributed by atoms with Gasteiger partial charge in [-0.3, -0.25) is 19.2 Å². The largest absolute Gasteiger partial charge is 0.416 e. The highest BCUT2D eigenvalue weighted by molar-refractivity contribution is 6.34. The number of rotatable bonds is 2. The van der Waals surface area contributed by atoms with Gasteiger partial charge >= 0.3 is 6.18 Å². The standard InChI is InChI=1S/C29H15F3N2O4/c30-29(31,32)15-10-11-18-20(12-15)33-24-19(25(18)35)13-21(34-28(38)14-6-2-1-3-7-14)22-23(24)27(37)17-9-5-4-8-16(17)26(22)36/h1-13H,(H,33,35)(H,34,38). The third kappa shape index (κ3) is 3.51.